The molecule has 0 N–H and O–H groups in total. The van der Waals surface area contributed by atoms with E-state index in [0.717, 1.165) is 64.2 Å². The second-order valence-corrected chi connectivity index (χ2v) is 11.6. The topological polar surface area (TPSA) is 120 Å². The molecule has 227 valence electrons. The molecule has 1 unspecified atom stereocenters. The molecule has 0 spiro atoms. The number of unbranched alkanes of at least 4 members (excludes halogenated alkanes) is 8. The Hall–Kier alpha value is -0.0705. The number of carboxylic acid groups (broad SMARTS) is 3. The van der Waals surface area contributed by atoms with Crippen molar-refractivity contribution in [1.29, 1.82) is 0 Å². The average molecular weight is 687 g/mol. The molecule has 0 aromatic rings. The summed E-state index contributed by atoms with van der Waals surface area (Å²) in [5, 5.41) is 31.9. The molecule has 6 nitrogen and oxygen atoms in total. The molecule has 0 saturated heterocycles. The number of rotatable bonds is 18. The second kappa shape index (κ2) is 24.9. The van der Waals surface area contributed by atoms with Gasteiger partial charge in [-0.25, -0.2) is 0 Å². The van der Waals surface area contributed by atoms with Gasteiger partial charge in [-0.2, -0.15) is 0 Å². The standard InChI is InChI=1S/3C10H20O2.Yb/c2*1-4-5-6-7-8-10(2,3)9(11)12;1-4-6-7-8-10(3,5-2)9(11)12;/h3*4-8H2,1-3H3,(H,11,12);/q;;;+3/p-3. The van der Waals surface area contributed by atoms with Gasteiger partial charge in [0.2, 0.25) is 0 Å². The fraction of sp³-hybridized carbons (Fsp3) is 0.900. The Morgan fingerprint density at radius 1 is 0.486 bits per heavy atom. The Bertz CT molecular complexity index is 555. The molecule has 0 rings (SSSR count). The Morgan fingerprint density at radius 2 is 0.784 bits per heavy atom. The summed E-state index contributed by atoms with van der Waals surface area (Å²) in [5.74, 6) is -2.76. The van der Waals surface area contributed by atoms with Gasteiger partial charge < -0.3 is 29.7 Å². The van der Waals surface area contributed by atoms with Crippen LogP contribution in [0.2, 0.25) is 0 Å². The Morgan fingerprint density at radius 3 is 1.03 bits per heavy atom. The zero-order valence-electron chi connectivity index (χ0n) is 25.3. The van der Waals surface area contributed by atoms with E-state index in [9.17, 15) is 29.7 Å². The number of carbonyl (C=O) groups excluding carboxylic acids is 3. The van der Waals surface area contributed by atoms with Crippen LogP contribution in [0.3, 0.4) is 0 Å². The predicted molar refractivity (Wildman–Crippen MR) is 143 cm³/mol. The molecule has 0 aliphatic heterocycles. The van der Waals surface area contributed by atoms with Gasteiger partial charge in [-0.05, 0) is 25.7 Å². The number of carbonyl (C=O) groups is 3. The second-order valence-electron chi connectivity index (χ2n) is 11.6. The van der Waals surface area contributed by atoms with Crippen LogP contribution in [0.5, 0.6) is 0 Å². The maximum absolute atomic E-state index is 10.7. The van der Waals surface area contributed by atoms with Crippen molar-refractivity contribution in [3.63, 3.8) is 0 Å². The van der Waals surface area contributed by atoms with Gasteiger partial charge >= 0.3 is 46.9 Å². The van der Waals surface area contributed by atoms with Crippen molar-refractivity contribution in [3.05, 3.63) is 0 Å². The van der Waals surface area contributed by atoms with Crippen molar-refractivity contribution in [2.75, 3.05) is 0 Å². The van der Waals surface area contributed by atoms with Crippen LogP contribution in [-0.2, 0) is 14.4 Å². The molecule has 0 fully saturated rings. The van der Waals surface area contributed by atoms with Crippen molar-refractivity contribution in [3.8, 4) is 0 Å². The van der Waals surface area contributed by atoms with Crippen LogP contribution < -0.4 is 15.3 Å². The van der Waals surface area contributed by atoms with E-state index in [0.29, 0.717) is 6.42 Å². The molecule has 0 aliphatic carbocycles. The number of hydrogen-bond acceptors (Lipinski definition) is 6. The van der Waals surface area contributed by atoms with E-state index in [1.165, 1.54) is 25.7 Å². The maximum atomic E-state index is 10.7. The summed E-state index contributed by atoms with van der Waals surface area (Å²) in [6.45, 7) is 17.0. The first kappa shape index (κ1) is 44.0. The smallest absolute Gasteiger partial charge is 0.550 e. The minimum Gasteiger partial charge on any atom is -0.550 e. The molecule has 37 heavy (non-hydrogen) atoms. The predicted octanol–water partition coefficient (Wildman–Crippen LogP) is 5.20. The summed E-state index contributed by atoms with van der Waals surface area (Å²) >= 11 is 0. The number of aliphatic carboxylic acids is 3. The van der Waals surface area contributed by atoms with Crippen LogP contribution in [-0.4, -0.2) is 17.9 Å². The van der Waals surface area contributed by atoms with Crippen molar-refractivity contribution >= 4 is 17.9 Å². The van der Waals surface area contributed by atoms with Crippen molar-refractivity contribution in [1.82, 2.24) is 0 Å². The van der Waals surface area contributed by atoms with Gasteiger partial charge in [0.25, 0.3) is 0 Å². The van der Waals surface area contributed by atoms with Gasteiger partial charge in [0.05, 0.1) is 0 Å². The van der Waals surface area contributed by atoms with Gasteiger partial charge in [-0.3, -0.25) is 0 Å². The summed E-state index contributed by atoms with van der Waals surface area (Å²) in [6, 6.07) is 0. The summed E-state index contributed by atoms with van der Waals surface area (Å²) < 4.78 is 0. The normalized spacial score (nSPS) is 12.6. The number of hydrogen-bond donors (Lipinski definition) is 0. The molecular formula is C30H57O6Yb. The van der Waals surface area contributed by atoms with Crippen LogP contribution >= 0.6 is 0 Å². The van der Waals surface area contributed by atoms with Gasteiger partial charge in [-0.15, -0.1) is 0 Å². The van der Waals surface area contributed by atoms with Gasteiger partial charge in [-0.1, -0.05) is 133 Å². The molecule has 0 bridgehead atoms. The van der Waals surface area contributed by atoms with Crippen LogP contribution in [0.4, 0.5) is 0 Å². The molecule has 0 aliphatic rings. The zero-order valence-corrected chi connectivity index (χ0v) is 27.0. The molecule has 1 atom stereocenters. The fourth-order valence-electron chi connectivity index (χ4n) is 3.38. The van der Waals surface area contributed by atoms with Gasteiger partial charge in [0.1, 0.15) is 0 Å². The molecule has 0 aromatic heterocycles. The third-order valence-corrected chi connectivity index (χ3v) is 7.02. The van der Waals surface area contributed by atoms with E-state index in [1.807, 2.05) is 6.92 Å². The van der Waals surface area contributed by atoms with Gasteiger partial charge in [0.15, 0.2) is 0 Å². The molecule has 0 aromatic carbocycles. The van der Waals surface area contributed by atoms with Crippen molar-refractivity contribution in [2.24, 2.45) is 16.2 Å². The summed E-state index contributed by atoms with van der Waals surface area (Å²) in [4.78, 5) is 31.9. The van der Waals surface area contributed by atoms with E-state index in [4.69, 9.17) is 0 Å². The largest absolute Gasteiger partial charge is 3.00 e. The first-order valence-electron chi connectivity index (χ1n) is 14.2. The SMILES string of the molecule is CCCCCC(C)(CC)C(=O)[O-].CCCCCCC(C)(C)C(=O)[O-].CCCCCCC(C)(C)C(=O)[O-].[Yb+3]. The van der Waals surface area contributed by atoms with Crippen LogP contribution in [0.1, 0.15) is 159 Å². The molecule has 7 heteroatoms. The van der Waals surface area contributed by atoms with Crippen LogP contribution in [0.15, 0.2) is 0 Å². The zero-order chi connectivity index (χ0) is 28.8. The van der Waals surface area contributed by atoms with Crippen LogP contribution in [0.25, 0.3) is 0 Å². The molecule has 0 heterocycles. The van der Waals surface area contributed by atoms with Crippen LogP contribution in [0, 0.1) is 63.2 Å². The average Bonchev–Trinajstić information content (AvgIpc) is 2.80. The molecular weight excluding hydrogens is 629 g/mol. The third-order valence-electron chi connectivity index (χ3n) is 7.02. The Balaban J connectivity index is -0.000000218. The van der Waals surface area contributed by atoms with Crippen molar-refractivity contribution in [2.45, 2.75) is 159 Å². The monoisotopic (exact) mass is 687 g/mol. The number of carboxylic acids is 3. The molecule has 1 radical (unpaired) electrons. The van der Waals surface area contributed by atoms with Crippen molar-refractivity contribution < 1.29 is 76.6 Å². The van der Waals surface area contributed by atoms with Gasteiger partial charge in [0, 0.05) is 34.2 Å². The summed E-state index contributed by atoms with van der Waals surface area (Å²) in [5.41, 5.74) is -1.89. The van der Waals surface area contributed by atoms with E-state index < -0.39 is 34.2 Å². The quantitative estimate of drug-likeness (QED) is 0.183. The first-order valence-corrected chi connectivity index (χ1v) is 14.2. The summed E-state index contributed by atoms with van der Waals surface area (Å²) in [7, 11) is 0. The first-order chi connectivity index (χ1) is 16.6. The third kappa shape index (κ3) is 24.7. The van der Waals surface area contributed by atoms with E-state index >= 15 is 0 Å². The summed E-state index contributed by atoms with van der Waals surface area (Å²) in [6.07, 6.45) is 15.1. The van der Waals surface area contributed by atoms with E-state index in [1.54, 1.807) is 34.6 Å². The maximum Gasteiger partial charge on any atom is 3.00 e. The van der Waals surface area contributed by atoms with E-state index in [2.05, 4.69) is 20.8 Å². The Kier molecular flexibility index (Phi) is 29.6. The molecule has 0 amide bonds. The Labute approximate surface area is 267 Å². The van der Waals surface area contributed by atoms with E-state index in [-0.39, 0.29) is 46.9 Å². The fourth-order valence-corrected chi connectivity index (χ4v) is 3.38. The minimum absolute atomic E-state index is 0. The minimum atomic E-state index is -0.931. The molecule has 0 saturated carbocycles.